The molecule has 8 heteroatoms. The van der Waals surface area contributed by atoms with Crippen molar-refractivity contribution in [2.45, 2.75) is 50.6 Å². The molecular formula is C15H19N5OS2. The number of thioether (sulfide) groups is 1. The second kappa shape index (κ2) is 6.45. The second-order valence-electron chi connectivity index (χ2n) is 5.89. The highest BCUT2D eigenvalue weighted by atomic mass is 32.2. The van der Waals surface area contributed by atoms with Crippen molar-refractivity contribution in [1.82, 2.24) is 24.1 Å². The van der Waals surface area contributed by atoms with Crippen LogP contribution in [0.25, 0.3) is 4.96 Å². The molecule has 0 aliphatic rings. The van der Waals surface area contributed by atoms with Crippen molar-refractivity contribution in [2.24, 2.45) is 0 Å². The van der Waals surface area contributed by atoms with E-state index in [4.69, 9.17) is 0 Å². The van der Waals surface area contributed by atoms with E-state index in [2.05, 4.69) is 47.4 Å². The summed E-state index contributed by atoms with van der Waals surface area (Å²) in [5, 5.41) is 11.4. The van der Waals surface area contributed by atoms with E-state index in [1.54, 1.807) is 28.4 Å². The normalized spacial score (nSPS) is 11.9. The largest absolute Gasteiger partial charge is 0.303 e. The summed E-state index contributed by atoms with van der Waals surface area (Å²) in [7, 11) is 0. The fraction of sp³-hybridized carbons (Fsp3) is 0.467. The molecule has 0 aliphatic heterocycles. The highest BCUT2D eigenvalue weighted by Gasteiger charge is 2.18. The number of rotatable bonds is 5. The SMILES string of the molecule is CC(C)c1nnc(SCc2cc(=O)n3ccsc3n2)n1C(C)C. The van der Waals surface area contributed by atoms with Gasteiger partial charge in [-0.15, -0.1) is 21.5 Å². The maximum absolute atomic E-state index is 12.0. The standard InChI is InChI=1S/C15H19N5OS2/c1-9(2)13-17-18-15(20(13)10(3)4)23-8-11-7-12(21)19-5-6-22-14(19)16-11/h5-7,9-10H,8H2,1-4H3. The van der Waals surface area contributed by atoms with Crippen LogP contribution < -0.4 is 5.56 Å². The Labute approximate surface area is 142 Å². The monoisotopic (exact) mass is 349 g/mol. The number of hydrogen-bond acceptors (Lipinski definition) is 6. The summed E-state index contributed by atoms with van der Waals surface area (Å²) >= 11 is 3.03. The first-order valence-electron chi connectivity index (χ1n) is 7.50. The molecule has 0 aliphatic carbocycles. The van der Waals surface area contributed by atoms with Crippen molar-refractivity contribution < 1.29 is 0 Å². The van der Waals surface area contributed by atoms with Crippen molar-refractivity contribution in [3.05, 3.63) is 39.5 Å². The third kappa shape index (κ3) is 3.18. The molecule has 3 heterocycles. The van der Waals surface area contributed by atoms with Gasteiger partial charge in [-0.05, 0) is 13.8 Å². The van der Waals surface area contributed by atoms with E-state index in [9.17, 15) is 4.79 Å². The molecule has 0 N–H and O–H groups in total. The molecule has 0 bridgehead atoms. The van der Waals surface area contributed by atoms with Crippen LogP contribution in [0.4, 0.5) is 0 Å². The molecule has 0 atom stereocenters. The molecule has 23 heavy (non-hydrogen) atoms. The van der Waals surface area contributed by atoms with Gasteiger partial charge in [0.1, 0.15) is 5.82 Å². The van der Waals surface area contributed by atoms with Crippen molar-refractivity contribution >= 4 is 28.1 Å². The first-order chi connectivity index (χ1) is 11.0. The minimum absolute atomic E-state index is 0.0416. The third-order valence-electron chi connectivity index (χ3n) is 3.43. The molecule has 0 unspecified atom stereocenters. The molecule has 3 rings (SSSR count). The van der Waals surface area contributed by atoms with Gasteiger partial charge in [0.2, 0.25) is 0 Å². The number of fused-ring (bicyclic) bond motifs is 1. The summed E-state index contributed by atoms with van der Waals surface area (Å²) in [4.78, 5) is 17.3. The Bertz CT molecular complexity index is 878. The van der Waals surface area contributed by atoms with Gasteiger partial charge in [0.15, 0.2) is 10.1 Å². The summed E-state index contributed by atoms with van der Waals surface area (Å²) in [6.45, 7) is 8.48. The molecule has 3 aromatic heterocycles. The van der Waals surface area contributed by atoms with Crippen LogP contribution in [0, 0.1) is 0 Å². The summed E-state index contributed by atoms with van der Waals surface area (Å²) in [5.41, 5.74) is 0.729. The smallest absolute Gasteiger partial charge is 0.258 e. The molecule has 0 saturated heterocycles. The predicted molar refractivity (Wildman–Crippen MR) is 93.4 cm³/mol. The van der Waals surface area contributed by atoms with Gasteiger partial charge in [-0.2, -0.15) is 0 Å². The average molecular weight is 349 g/mol. The van der Waals surface area contributed by atoms with E-state index in [0.717, 1.165) is 21.6 Å². The van der Waals surface area contributed by atoms with Gasteiger partial charge >= 0.3 is 0 Å². The van der Waals surface area contributed by atoms with Crippen LogP contribution >= 0.6 is 23.1 Å². The molecule has 0 spiro atoms. The van der Waals surface area contributed by atoms with Crippen molar-refractivity contribution in [3.63, 3.8) is 0 Å². The summed E-state index contributed by atoms with van der Waals surface area (Å²) in [6.07, 6.45) is 1.75. The number of aromatic nitrogens is 5. The minimum atomic E-state index is -0.0416. The summed E-state index contributed by atoms with van der Waals surface area (Å²) in [5.74, 6) is 1.92. The lowest BCUT2D eigenvalue weighted by Gasteiger charge is -2.15. The lowest BCUT2D eigenvalue weighted by atomic mass is 10.2. The highest BCUT2D eigenvalue weighted by Crippen LogP contribution is 2.27. The molecule has 0 saturated carbocycles. The Kier molecular flexibility index (Phi) is 4.54. The molecule has 0 radical (unpaired) electrons. The summed E-state index contributed by atoms with van der Waals surface area (Å²) < 4.78 is 3.72. The fourth-order valence-electron chi connectivity index (χ4n) is 2.37. The maximum atomic E-state index is 12.0. The van der Waals surface area contributed by atoms with Gasteiger partial charge in [0.05, 0.1) is 5.69 Å². The molecule has 6 nitrogen and oxygen atoms in total. The quantitative estimate of drug-likeness (QED) is 0.661. The van der Waals surface area contributed by atoms with Crippen LogP contribution in [0.15, 0.2) is 27.6 Å². The minimum Gasteiger partial charge on any atom is -0.303 e. The number of thiazole rings is 1. The Hall–Kier alpha value is -1.67. The van der Waals surface area contributed by atoms with Gasteiger partial charge in [0, 0.05) is 35.4 Å². The van der Waals surface area contributed by atoms with Gasteiger partial charge in [0.25, 0.3) is 5.56 Å². The molecule has 3 aromatic rings. The second-order valence-corrected chi connectivity index (χ2v) is 7.70. The number of hydrogen-bond donors (Lipinski definition) is 0. The van der Waals surface area contributed by atoms with E-state index in [1.165, 1.54) is 11.3 Å². The third-order valence-corrected chi connectivity index (χ3v) is 5.16. The lowest BCUT2D eigenvalue weighted by molar-refractivity contribution is 0.512. The van der Waals surface area contributed by atoms with Gasteiger partial charge in [-0.25, -0.2) is 4.98 Å². The molecular weight excluding hydrogens is 330 g/mol. The van der Waals surface area contributed by atoms with Crippen molar-refractivity contribution in [2.75, 3.05) is 0 Å². The Morgan fingerprint density at radius 1 is 1.26 bits per heavy atom. The van der Waals surface area contributed by atoms with E-state index in [1.807, 2.05) is 5.38 Å². The van der Waals surface area contributed by atoms with Crippen molar-refractivity contribution in [1.29, 1.82) is 0 Å². The van der Waals surface area contributed by atoms with E-state index >= 15 is 0 Å². The first-order valence-corrected chi connectivity index (χ1v) is 9.37. The van der Waals surface area contributed by atoms with Crippen LogP contribution in [0.3, 0.4) is 0 Å². The van der Waals surface area contributed by atoms with Crippen LogP contribution in [0.2, 0.25) is 0 Å². The zero-order valence-electron chi connectivity index (χ0n) is 13.6. The van der Waals surface area contributed by atoms with Crippen LogP contribution in [0.5, 0.6) is 0 Å². The lowest BCUT2D eigenvalue weighted by Crippen LogP contribution is -2.13. The highest BCUT2D eigenvalue weighted by molar-refractivity contribution is 7.98. The van der Waals surface area contributed by atoms with Gasteiger partial charge < -0.3 is 4.57 Å². The van der Waals surface area contributed by atoms with Crippen LogP contribution in [-0.2, 0) is 5.75 Å². The average Bonchev–Trinajstić information content (AvgIpc) is 3.11. The Balaban J connectivity index is 1.86. The zero-order valence-corrected chi connectivity index (χ0v) is 15.2. The Morgan fingerprint density at radius 3 is 2.74 bits per heavy atom. The van der Waals surface area contributed by atoms with Gasteiger partial charge in [-0.3, -0.25) is 9.20 Å². The van der Waals surface area contributed by atoms with Crippen molar-refractivity contribution in [3.8, 4) is 0 Å². The molecule has 122 valence electrons. The van der Waals surface area contributed by atoms with Crippen LogP contribution in [-0.4, -0.2) is 24.1 Å². The van der Waals surface area contributed by atoms with E-state index < -0.39 is 0 Å². The fourth-order valence-corrected chi connectivity index (χ4v) is 4.07. The topological polar surface area (TPSA) is 65.1 Å². The first kappa shape index (κ1) is 16.2. The zero-order chi connectivity index (χ0) is 16.6. The summed E-state index contributed by atoms with van der Waals surface area (Å²) in [6, 6.07) is 1.88. The Morgan fingerprint density at radius 2 is 2.04 bits per heavy atom. The molecule has 0 fully saturated rings. The molecule has 0 aromatic carbocycles. The number of nitrogens with zero attached hydrogens (tertiary/aromatic N) is 5. The van der Waals surface area contributed by atoms with E-state index in [-0.39, 0.29) is 5.56 Å². The van der Waals surface area contributed by atoms with Crippen LogP contribution in [0.1, 0.15) is 51.2 Å². The van der Waals surface area contributed by atoms with Gasteiger partial charge in [-0.1, -0.05) is 25.6 Å². The predicted octanol–water partition coefficient (Wildman–Crippen LogP) is 3.34. The van der Waals surface area contributed by atoms with E-state index in [0.29, 0.717) is 17.7 Å². The molecule has 0 amide bonds. The maximum Gasteiger partial charge on any atom is 0.258 e.